The van der Waals surface area contributed by atoms with E-state index in [1.807, 2.05) is 6.92 Å². The van der Waals surface area contributed by atoms with Crippen molar-refractivity contribution in [2.75, 3.05) is 0 Å². The van der Waals surface area contributed by atoms with Crippen LogP contribution < -0.4 is 0 Å². The van der Waals surface area contributed by atoms with E-state index in [0.717, 1.165) is 29.7 Å². The van der Waals surface area contributed by atoms with Gasteiger partial charge in [0.25, 0.3) is 0 Å². The Morgan fingerprint density at radius 2 is 1.62 bits per heavy atom. The molecule has 0 aromatic rings. The molecule has 0 radical (unpaired) electrons. The zero-order valence-electron chi connectivity index (χ0n) is 10.4. The number of hydrogen-bond donors (Lipinski definition) is 1. The van der Waals surface area contributed by atoms with Crippen molar-refractivity contribution in [2.24, 2.45) is 23.2 Å². The molecule has 1 N–H and O–H groups in total. The lowest BCUT2D eigenvalue weighted by Crippen LogP contribution is -2.51. The van der Waals surface area contributed by atoms with Crippen LogP contribution in [0.3, 0.4) is 0 Å². The van der Waals surface area contributed by atoms with Crippen LogP contribution in [0, 0.1) is 23.2 Å². The molecule has 1 nitrogen and oxygen atoms in total. The van der Waals surface area contributed by atoms with Crippen molar-refractivity contribution in [3.05, 3.63) is 12.2 Å². The molecule has 16 heavy (non-hydrogen) atoms. The molecule has 1 atom stereocenters. The third kappa shape index (κ3) is 1.64. The SMILES string of the molecule is C=C(C)CC(O)C12CC3CC(CC(C3)C1)C2. The maximum Gasteiger partial charge on any atom is 0.0633 e. The molecule has 4 aliphatic rings. The first kappa shape index (κ1) is 10.8. The van der Waals surface area contributed by atoms with Gasteiger partial charge in [-0.1, -0.05) is 5.57 Å². The number of aliphatic hydroxyl groups is 1. The predicted molar refractivity (Wildman–Crippen MR) is 66.0 cm³/mol. The molecule has 4 fully saturated rings. The zero-order valence-corrected chi connectivity index (χ0v) is 10.4. The Hall–Kier alpha value is -0.300. The molecule has 0 aliphatic heterocycles. The fourth-order valence-electron chi connectivity index (χ4n) is 5.13. The van der Waals surface area contributed by atoms with Crippen LogP contribution in [-0.2, 0) is 0 Å². The first-order valence-electron chi connectivity index (χ1n) is 6.90. The Labute approximate surface area is 98.9 Å². The van der Waals surface area contributed by atoms with Gasteiger partial charge >= 0.3 is 0 Å². The van der Waals surface area contributed by atoms with Gasteiger partial charge in [0, 0.05) is 0 Å². The van der Waals surface area contributed by atoms with Crippen molar-refractivity contribution in [3.8, 4) is 0 Å². The van der Waals surface area contributed by atoms with E-state index < -0.39 is 0 Å². The second-order valence-corrected chi connectivity index (χ2v) is 6.96. The summed E-state index contributed by atoms with van der Waals surface area (Å²) >= 11 is 0. The molecule has 4 rings (SSSR count). The van der Waals surface area contributed by atoms with E-state index in [0.29, 0.717) is 0 Å². The highest BCUT2D eigenvalue weighted by Gasteiger charge is 2.53. The lowest BCUT2D eigenvalue weighted by atomic mass is 9.48. The Kier molecular flexibility index (Phi) is 2.43. The van der Waals surface area contributed by atoms with Crippen molar-refractivity contribution < 1.29 is 5.11 Å². The normalized spacial score (nSPS) is 47.0. The highest BCUT2D eigenvalue weighted by Crippen LogP contribution is 2.61. The summed E-state index contributed by atoms with van der Waals surface area (Å²) in [6.07, 6.45) is 8.98. The second-order valence-electron chi connectivity index (χ2n) is 6.96. The Morgan fingerprint density at radius 1 is 1.19 bits per heavy atom. The fraction of sp³-hybridized carbons (Fsp3) is 0.867. The third-order valence-corrected chi connectivity index (χ3v) is 5.33. The monoisotopic (exact) mass is 220 g/mol. The number of hydrogen-bond acceptors (Lipinski definition) is 1. The molecule has 0 amide bonds. The predicted octanol–water partition coefficient (Wildman–Crippen LogP) is 3.53. The maximum atomic E-state index is 10.5. The summed E-state index contributed by atoms with van der Waals surface area (Å²) in [7, 11) is 0. The van der Waals surface area contributed by atoms with Crippen LogP contribution in [-0.4, -0.2) is 11.2 Å². The Balaban J connectivity index is 1.80. The van der Waals surface area contributed by atoms with Crippen LogP contribution in [0.25, 0.3) is 0 Å². The molecule has 90 valence electrons. The van der Waals surface area contributed by atoms with E-state index in [1.54, 1.807) is 0 Å². The third-order valence-electron chi connectivity index (χ3n) is 5.33. The van der Waals surface area contributed by atoms with E-state index in [-0.39, 0.29) is 11.5 Å². The lowest BCUT2D eigenvalue weighted by molar-refractivity contribution is -0.119. The van der Waals surface area contributed by atoms with Crippen molar-refractivity contribution >= 4 is 0 Å². The van der Waals surface area contributed by atoms with E-state index >= 15 is 0 Å². The average molecular weight is 220 g/mol. The Morgan fingerprint density at radius 3 is 2.00 bits per heavy atom. The van der Waals surface area contributed by atoms with Gasteiger partial charge in [-0.15, -0.1) is 6.58 Å². The van der Waals surface area contributed by atoms with Gasteiger partial charge in [-0.05, 0) is 75.0 Å². The smallest absolute Gasteiger partial charge is 0.0633 e. The highest BCUT2D eigenvalue weighted by molar-refractivity contribution is 5.06. The fourth-order valence-corrected chi connectivity index (χ4v) is 5.13. The summed E-state index contributed by atoms with van der Waals surface area (Å²) in [4.78, 5) is 0. The van der Waals surface area contributed by atoms with Gasteiger partial charge in [-0.3, -0.25) is 0 Å². The summed E-state index contributed by atoms with van der Waals surface area (Å²) in [6, 6.07) is 0. The molecule has 4 aliphatic carbocycles. The summed E-state index contributed by atoms with van der Waals surface area (Å²) in [5.41, 5.74) is 1.43. The number of rotatable bonds is 3. The molecular weight excluding hydrogens is 196 g/mol. The molecular formula is C15H24O. The van der Waals surface area contributed by atoms with E-state index in [2.05, 4.69) is 6.58 Å². The van der Waals surface area contributed by atoms with Crippen LogP contribution in [0.15, 0.2) is 12.2 Å². The Bertz CT molecular complexity index is 269. The standard InChI is InChI=1S/C15H24O/c1-10(2)3-14(16)15-7-11-4-12(8-15)6-13(5-11)9-15/h11-14,16H,1,3-9H2,2H3. The number of aliphatic hydroxyl groups excluding tert-OH is 1. The van der Waals surface area contributed by atoms with Gasteiger partial charge in [0.05, 0.1) is 6.10 Å². The topological polar surface area (TPSA) is 20.2 Å². The molecule has 4 bridgehead atoms. The van der Waals surface area contributed by atoms with Crippen molar-refractivity contribution in [1.29, 1.82) is 0 Å². The van der Waals surface area contributed by atoms with Crippen molar-refractivity contribution in [3.63, 3.8) is 0 Å². The van der Waals surface area contributed by atoms with Gasteiger partial charge in [0.1, 0.15) is 0 Å². The molecule has 0 heterocycles. The van der Waals surface area contributed by atoms with E-state index in [1.165, 1.54) is 38.5 Å². The van der Waals surface area contributed by atoms with E-state index in [9.17, 15) is 5.11 Å². The van der Waals surface area contributed by atoms with Crippen molar-refractivity contribution in [1.82, 2.24) is 0 Å². The molecule has 1 unspecified atom stereocenters. The average Bonchev–Trinajstić information content (AvgIpc) is 2.13. The molecule has 0 spiro atoms. The van der Waals surface area contributed by atoms with Crippen LogP contribution in [0.1, 0.15) is 51.9 Å². The summed E-state index contributed by atoms with van der Waals surface area (Å²) in [5, 5.41) is 10.5. The van der Waals surface area contributed by atoms with Crippen LogP contribution in [0.4, 0.5) is 0 Å². The molecule has 0 aromatic carbocycles. The van der Waals surface area contributed by atoms with Gasteiger partial charge in [0.15, 0.2) is 0 Å². The van der Waals surface area contributed by atoms with Gasteiger partial charge in [0.2, 0.25) is 0 Å². The largest absolute Gasteiger partial charge is 0.392 e. The molecule has 1 heteroatoms. The van der Waals surface area contributed by atoms with Gasteiger partial charge in [-0.25, -0.2) is 0 Å². The molecule has 0 aromatic heterocycles. The van der Waals surface area contributed by atoms with E-state index in [4.69, 9.17) is 0 Å². The zero-order chi connectivity index (χ0) is 11.3. The highest BCUT2D eigenvalue weighted by atomic mass is 16.3. The summed E-state index contributed by atoms with van der Waals surface area (Å²) in [6.45, 7) is 6.01. The van der Waals surface area contributed by atoms with Crippen LogP contribution in [0.2, 0.25) is 0 Å². The van der Waals surface area contributed by atoms with Crippen LogP contribution in [0.5, 0.6) is 0 Å². The maximum absolute atomic E-state index is 10.5. The quantitative estimate of drug-likeness (QED) is 0.721. The lowest BCUT2D eigenvalue weighted by Gasteiger charge is -2.58. The minimum atomic E-state index is -0.113. The second kappa shape index (κ2) is 3.60. The first-order valence-corrected chi connectivity index (χ1v) is 6.90. The minimum absolute atomic E-state index is 0.113. The van der Waals surface area contributed by atoms with Crippen molar-refractivity contribution in [2.45, 2.75) is 58.0 Å². The minimum Gasteiger partial charge on any atom is -0.392 e. The van der Waals surface area contributed by atoms with Gasteiger partial charge in [-0.2, -0.15) is 0 Å². The van der Waals surface area contributed by atoms with Crippen LogP contribution >= 0.6 is 0 Å². The molecule has 0 saturated heterocycles. The first-order chi connectivity index (χ1) is 7.57. The summed E-state index contributed by atoms with van der Waals surface area (Å²) in [5.74, 6) is 2.81. The summed E-state index contributed by atoms with van der Waals surface area (Å²) < 4.78 is 0. The van der Waals surface area contributed by atoms with Gasteiger partial charge < -0.3 is 5.11 Å². The molecule has 4 saturated carbocycles.